The lowest BCUT2D eigenvalue weighted by molar-refractivity contribution is -0.122. The highest BCUT2D eigenvalue weighted by molar-refractivity contribution is 5.76. The number of carbonyl (C=O) groups excluding carboxylic acids is 1. The van der Waals surface area contributed by atoms with Crippen LogP contribution in [-0.2, 0) is 4.79 Å². The van der Waals surface area contributed by atoms with Gasteiger partial charge >= 0.3 is 0 Å². The van der Waals surface area contributed by atoms with Crippen molar-refractivity contribution in [1.82, 2.24) is 10.2 Å². The van der Waals surface area contributed by atoms with Gasteiger partial charge < -0.3 is 15.3 Å². The molecule has 0 saturated carbocycles. The van der Waals surface area contributed by atoms with E-state index in [1.54, 1.807) is 6.92 Å². The van der Waals surface area contributed by atoms with Crippen molar-refractivity contribution in [3.63, 3.8) is 0 Å². The number of nitrogens with zero attached hydrogens (tertiary/aromatic N) is 1. The van der Waals surface area contributed by atoms with Crippen LogP contribution in [0.2, 0.25) is 0 Å². The van der Waals surface area contributed by atoms with E-state index in [0.29, 0.717) is 12.8 Å². The highest BCUT2D eigenvalue weighted by Gasteiger charge is 2.14. The van der Waals surface area contributed by atoms with Gasteiger partial charge in [-0.3, -0.25) is 4.79 Å². The van der Waals surface area contributed by atoms with Crippen molar-refractivity contribution < 1.29 is 9.90 Å². The Balaban J connectivity index is 2.14. The van der Waals surface area contributed by atoms with Crippen molar-refractivity contribution in [1.29, 1.82) is 0 Å². The second-order valence-corrected chi connectivity index (χ2v) is 5.22. The van der Waals surface area contributed by atoms with Crippen LogP contribution in [0.4, 0.5) is 0 Å². The Bertz CT molecular complexity index is 225. The van der Waals surface area contributed by atoms with Gasteiger partial charge in [-0.05, 0) is 46.2 Å². The number of amides is 1. The zero-order chi connectivity index (χ0) is 12.7. The highest BCUT2D eigenvalue weighted by atomic mass is 16.3. The third-order valence-corrected chi connectivity index (χ3v) is 3.18. The van der Waals surface area contributed by atoms with Crippen LogP contribution in [0.3, 0.4) is 0 Å². The Morgan fingerprint density at radius 2 is 1.94 bits per heavy atom. The van der Waals surface area contributed by atoms with Crippen LogP contribution in [0.1, 0.15) is 46.0 Å². The average Bonchev–Trinajstić information content (AvgIpc) is 2.27. The van der Waals surface area contributed by atoms with E-state index in [1.165, 1.54) is 19.3 Å². The fourth-order valence-electron chi connectivity index (χ4n) is 2.26. The van der Waals surface area contributed by atoms with Crippen molar-refractivity contribution >= 4 is 5.91 Å². The first-order chi connectivity index (χ1) is 8.08. The summed E-state index contributed by atoms with van der Waals surface area (Å²) in [6.45, 7) is 7.03. The van der Waals surface area contributed by atoms with Crippen LogP contribution in [0.15, 0.2) is 0 Å². The van der Waals surface area contributed by atoms with E-state index < -0.39 is 6.10 Å². The minimum Gasteiger partial charge on any atom is -0.393 e. The van der Waals surface area contributed by atoms with E-state index in [4.69, 9.17) is 5.11 Å². The third-order valence-electron chi connectivity index (χ3n) is 3.18. The van der Waals surface area contributed by atoms with Crippen LogP contribution < -0.4 is 5.32 Å². The predicted octanol–water partition coefficient (Wildman–Crippen LogP) is 1.14. The number of hydrogen-bond donors (Lipinski definition) is 2. The molecular weight excluding hydrogens is 216 g/mol. The Kier molecular flexibility index (Phi) is 6.52. The van der Waals surface area contributed by atoms with Gasteiger partial charge in [-0.2, -0.15) is 0 Å². The smallest absolute Gasteiger partial charge is 0.220 e. The number of likely N-dealkylation sites (tertiary alicyclic amines) is 1. The van der Waals surface area contributed by atoms with Gasteiger partial charge in [0.2, 0.25) is 5.91 Å². The minimum atomic E-state index is -0.391. The maximum absolute atomic E-state index is 11.6. The molecule has 1 saturated heterocycles. The van der Waals surface area contributed by atoms with Gasteiger partial charge in [0.1, 0.15) is 0 Å². The second-order valence-electron chi connectivity index (χ2n) is 5.22. The standard InChI is InChI=1S/C13H26N2O2/c1-11(10-15-8-4-3-5-9-15)14-13(17)7-6-12(2)16/h11-12,16H,3-10H2,1-2H3,(H,14,17). The summed E-state index contributed by atoms with van der Waals surface area (Å²) in [5.41, 5.74) is 0. The maximum Gasteiger partial charge on any atom is 0.220 e. The molecule has 17 heavy (non-hydrogen) atoms. The fourth-order valence-corrected chi connectivity index (χ4v) is 2.26. The molecule has 1 fully saturated rings. The number of nitrogens with one attached hydrogen (secondary N) is 1. The molecule has 0 spiro atoms. The van der Waals surface area contributed by atoms with Gasteiger partial charge in [0.05, 0.1) is 6.10 Å². The molecule has 0 bridgehead atoms. The Morgan fingerprint density at radius 3 is 2.53 bits per heavy atom. The number of rotatable bonds is 6. The van der Waals surface area contributed by atoms with Crippen LogP contribution in [0, 0.1) is 0 Å². The van der Waals surface area contributed by atoms with Crippen molar-refractivity contribution in [2.45, 2.75) is 58.1 Å². The van der Waals surface area contributed by atoms with Crippen LogP contribution in [-0.4, -0.2) is 47.7 Å². The van der Waals surface area contributed by atoms with Gasteiger partial charge in [0.15, 0.2) is 0 Å². The Morgan fingerprint density at radius 1 is 1.29 bits per heavy atom. The van der Waals surface area contributed by atoms with Crippen molar-refractivity contribution in [3.05, 3.63) is 0 Å². The summed E-state index contributed by atoms with van der Waals surface area (Å²) in [5, 5.41) is 12.1. The monoisotopic (exact) mass is 242 g/mol. The average molecular weight is 242 g/mol. The summed E-state index contributed by atoms with van der Waals surface area (Å²) >= 11 is 0. The summed E-state index contributed by atoms with van der Waals surface area (Å²) in [6.07, 6.45) is 4.47. The third kappa shape index (κ3) is 6.64. The highest BCUT2D eigenvalue weighted by Crippen LogP contribution is 2.08. The summed E-state index contributed by atoms with van der Waals surface area (Å²) < 4.78 is 0. The van der Waals surface area contributed by atoms with E-state index in [2.05, 4.69) is 17.1 Å². The first-order valence-electron chi connectivity index (χ1n) is 6.77. The molecule has 100 valence electrons. The number of piperidine rings is 1. The molecule has 0 aromatic heterocycles. The molecule has 1 aliphatic heterocycles. The van der Waals surface area contributed by atoms with Crippen molar-refractivity contribution in [2.24, 2.45) is 0 Å². The number of aliphatic hydroxyl groups excluding tert-OH is 1. The molecular formula is C13H26N2O2. The summed E-state index contributed by atoms with van der Waals surface area (Å²) in [6, 6.07) is 0.203. The molecule has 0 aliphatic carbocycles. The first-order valence-corrected chi connectivity index (χ1v) is 6.77. The van der Waals surface area contributed by atoms with Gasteiger partial charge in [-0.1, -0.05) is 6.42 Å². The topological polar surface area (TPSA) is 52.6 Å². The number of aliphatic hydroxyl groups is 1. The maximum atomic E-state index is 11.6. The summed E-state index contributed by atoms with van der Waals surface area (Å²) in [7, 11) is 0. The van der Waals surface area contributed by atoms with E-state index in [-0.39, 0.29) is 11.9 Å². The van der Waals surface area contributed by atoms with Crippen molar-refractivity contribution in [2.75, 3.05) is 19.6 Å². The Hall–Kier alpha value is -0.610. The molecule has 0 aromatic carbocycles. The predicted molar refractivity (Wildman–Crippen MR) is 68.8 cm³/mol. The van der Waals surface area contributed by atoms with Gasteiger partial charge in [-0.25, -0.2) is 0 Å². The molecule has 0 aromatic rings. The van der Waals surface area contributed by atoms with Crippen molar-refractivity contribution in [3.8, 4) is 0 Å². The van der Waals surface area contributed by atoms with Gasteiger partial charge in [0, 0.05) is 19.0 Å². The quantitative estimate of drug-likeness (QED) is 0.734. The number of hydrogen-bond acceptors (Lipinski definition) is 3. The van der Waals surface area contributed by atoms with Crippen LogP contribution >= 0.6 is 0 Å². The molecule has 1 rings (SSSR count). The lowest BCUT2D eigenvalue weighted by atomic mass is 10.1. The summed E-state index contributed by atoms with van der Waals surface area (Å²) in [4.78, 5) is 14.0. The van der Waals surface area contributed by atoms with Gasteiger partial charge in [-0.15, -0.1) is 0 Å². The van der Waals surface area contributed by atoms with Gasteiger partial charge in [0.25, 0.3) is 0 Å². The molecule has 1 amide bonds. The molecule has 1 heterocycles. The zero-order valence-electron chi connectivity index (χ0n) is 11.1. The zero-order valence-corrected chi connectivity index (χ0v) is 11.1. The van der Waals surface area contributed by atoms with Crippen LogP contribution in [0.25, 0.3) is 0 Å². The first kappa shape index (κ1) is 14.5. The van der Waals surface area contributed by atoms with Crippen LogP contribution in [0.5, 0.6) is 0 Å². The molecule has 0 radical (unpaired) electrons. The fraction of sp³-hybridized carbons (Fsp3) is 0.923. The second kappa shape index (κ2) is 7.67. The SMILES string of the molecule is CC(O)CCC(=O)NC(C)CN1CCCCC1. The van der Waals surface area contributed by atoms with E-state index in [0.717, 1.165) is 19.6 Å². The molecule has 2 N–H and O–H groups in total. The normalized spacial score (nSPS) is 20.9. The largest absolute Gasteiger partial charge is 0.393 e. The molecule has 2 unspecified atom stereocenters. The lowest BCUT2D eigenvalue weighted by Gasteiger charge is -2.29. The lowest BCUT2D eigenvalue weighted by Crippen LogP contribution is -2.43. The van der Waals surface area contributed by atoms with E-state index >= 15 is 0 Å². The molecule has 2 atom stereocenters. The number of carbonyl (C=O) groups is 1. The minimum absolute atomic E-state index is 0.0513. The molecule has 4 heteroatoms. The Labute approximate surface area is 104 Å². The van der Waals surface area contributed by atoms with E-state index in [1.807, 2.05) is 0 Å². The van der Waals surface area contributed by atoms with E-state index in [9.17, 15) is 4.79 Å². The molecule has 4 nitrogen and oxygen atoms in total. The molecule has 1 aliphatic rings. The summed E-state index contributed by atoms with van der Waals surface area (Å²) in [5.74, 6) is 0.0513.